The average molecular weight is 339 g/mol. The second-order valence-corrected chi connectivity index (χ2v) is 5.96. The molecule has 118 valence electrons. The first-order chi connectivity index (χ1) is 10.7. The lowest BCUT2D eigenvalue weighted by atomic mass is 10.2. The summed E-state index contributed by atoms with van der Waals surface area (Å²) < 4.78 is 5.15. The molecule has 2 rings (SSSR count). The Labute approximate surface area is 141 Å². The third-order valence-electron chi connectivity index (χ3n) is 3.34. The van der Waals surface area contributed by atoms with Crippen molar-refractivity contribution in [3.05, 3.63) is 63.9 Å². The van der Waals surface area contributed by atoms with Crippen LogP contribution < -0.4 is 0 Å². The van der Waals surface area contributed by atoms with Crippen molar-refractivity contribution in [2.75, 3.05) is 20.3 Å². The van der Waals surface area contributed by atoms with Crippen LogP contribution in [-0.2, 0) is 17.8 Å². The molecule has 0 aliphatic rings. The number of benzene rings is 1. The largest absolute Gasteiger partial charge is 0.385 e. The van der Waals surface area contributed by atoms with Gasteiger partial charge in [0.1, 0.15) is 0 Å². The van der Waals surface area contributed by atoms with Crippen LogP contribution in [0.4, 0.5) is 0 Å². The van der Waals surface area contributed by atoms with Crippen molar-refractivity contribution in [1.82, 2.24) is 9.88 Å². The highest BCUT2D eigenvalue weighted by Gasteiger charge is 2.10. The molecular weight excluding hydrogens is 319 g/mol. The fourth-order valence-electron chi connectivity index (χ4n) is 2.26. The van der Waals surface area contributed by atoms with Crippen LogP contribution in [0, 0.1) is 0 Å². The summed E-state index contributed by atoms with van der Waals surface area (Å²) >= 11 is 12.2. The number of pyridine rings is 1. The van der Waals surface area contributed by atoms with Gasteiger partial charge in [0.2, 0.25) is 0 Å². The molecule has 0 spiro atoms. The summed E-state index contributed by atoms with van der Waals surface area (Å²) in [5.74, 6) is 0. The Bertz CT molecular complexity index is 578. The summed E-state index contributed by atoms with van der Waals surface area (Å²) in [5.41, 5.74) is 2.12. The molecule has 1 aromatic carbocycles. The zero-order chi connectivity index (χ0) is 15.8. The van der Waals surface area contributed by atoms with Gasteiger partial charge >= 0.3 is 0 Å². The molecule has 5 heteroatoms. The Morgan fingerprint density at radius 1 is 1.14 bits per heavy atom. The van der Waals surface area contributed by atoms with Gasteiger partial charge in [-0.25, -0.2) is 0 Å². The maximum Gasteiger partial charge on any atom is 0.0544 e. The van der Waals surface area contributed by atoms with Gasteiger partial charge in [-0.3, -0.25) is 9.88 Å². The van der Waals surface area contributed by atoms with Crippen LogP contribution in [0.1, 0.15) is 17.7 Å². The molecule has 0 radical (unpaired) electrons. The first kappa shape index (κ1) is 17.2. The average Bonchev–Trinajstić information content (AvgIpc) is 2.51. The normalized spacial score (nSPS) is 11.1. The summed E-state index contributed by atoms with van der Waals surface area (Å²) in [7, 11) is 1.72. The highest BCUT2D eigenvalue weighted by atomic mass is 35.5. The van der Waals surface area contributed by atoms with Crippen LogP contribution in [0.2, 0.25) is 10.0 Å². The first-order valence-corrected chi connectivity index (χ1v) is 8.00. The molecule has 1 aromatic heterocycles. The van der Waals surface area contributed by atoms with Gasteiger partial charge in [-0.1, -0.05) is 35.3 Å². The molecule has 0 aliphatic heterocycles. The van der Waals surface area contributed by atoms with Crippen molar-refractivity contribution in [2.24, 2.45) is 0 Å². The Hall–Kier alpha value is -1.13. The minimum Gasteiger partial charge on any atom is -0.385 e. The third kappa shape index (κ3) is 5.58. The van der Waals surface area contributed by atoms with Gasteiger partial charge in [-0.15, -0.1) is 0 Å². The third-order valence-corrected chi connectivity index (χ3v) is 3.93. The van der Waals surface area contributed by atoms with E-state index in [4.69, 9.17) is 27.9 Å². The molecule has 0 atom stereocenters. The van der Waals surface area contributed by atoms with E-state index >= 15 is 0 Å². The van der Waals surface area contributed by atoms with Crippen LogP contribution in [-0.4, -0.2) is 30.1 Å². The summed E-state index contributed by atoms with van der Waals surface area (Å²) in [6.07, 6.45) is 2.78. The number of halogens is 2. The minimum absolute atomic E-state index is 0.657. The van der Waals surface area contributed by atoms with Crippen molar-refractivity contribution in [1.29, 1.82) is 0 Å². The predicted octanol–water partition coefficient (Wildman–Crippen LogP) is 4.43. The number of methoxy groups -OCH3 is 1. The maximum atomic E-state index is 6.29. The second kappa shape index (κ2) is 9.11. The van der Waals surface area contributed by atoms with Crippen molar-refractivity contribution in [3.8, 4) is 0 Å². The van der Waals surface area contributed by atoms with E-state index in [0.717, 1.165) is 43.9 Å². The predicted molar refractivity (Wildman–Crippen MR) is 91.3 cm³/mol. The molecule has 2 aromatic rings. The Morgan fingerprint density at radius 2 is 2.00 bits per heavy atom. The van der Waals surface area contributed by atoms with E-state index in [9.17, 15) is 0 Å². The lowest BCUT2D eigenvalue weighted by molar-refractivity contribution is 0.166. The lowest BCUT2D eigenvalue weighted by Crippen LogP contribution is -2.25. The molecule has 0 aliphatic carbocycles. The van der Waals surface area contributed by atoms with Gasteiger partial charge in [-0.2, -0.15) is 0 Å². The maximum absolute atomic E-state index is 6.29. The topological polar surface area (TPSA) is 25.4 Å². The molecule has 3 nitrogen and oxygen atoms in total. The van der Waals surface area contributed by atoms with E-state index in [1.807, 2.05) is 36.5 Å². The zero-order valence-electron chi connectivity index (χ0n) is 12.6. The molecule has 0 amide bonds. The fourth-order valence-corrected chi connectivity index (χ4v) is 2.73. The van der Waals surface area contributed by atoms with E-state index in [2.05, 4.69) is 9.88 Å². The second-order valence-electron chi connectivity index (χ2n) is 5.11. The van der Waals surface area contributed by atoms with Crippen molar-refractivity contribution >= 4 is 23.2 Å². The molecule has 0 saturated heterocycles. The quantitative estimate of drug-likeness (QED) is 0.666. The van der Waals surface area contributed by atoms with E-state index in [0.29, 0.717) is 10.0 Å². The number of nitrogens with zero attached hydrogens (tertiary/aromatic N) is 2. The lowest BCUT2D eigenvalue weighted by Gasteiger charge is -2.22. The van der Waals surface area contributed by atoms with Gasteiger partial charge in [-0.05, 0) is 36.2 Å². The van der Waals surface area contributed by atoms with Gasteiger partial charge in [0, 0.05) is 49.6 Å². The summed E-state index contributed by atoms with van der Waals surface area (Å²) in [5, 5.41) is 1.36. The number of aromatic nitrogens is 1. The van der Waals surface area contributed by atoms with E-state index in [1.165, 1.54) is 0 Å². The van der Waals surface area contributed by atoms with E-state index in [1.54, 1.807) is 13.2 Å². The number of hydrogen-bond donors (Lipinski definition) is 0. The van der Waals surface area contributed by atoms with Crippen LogP contribution in [0.3, 0.4) is 0 Å². The van der Waals surface area contributed by atoms with Gasteiger partial charge in [0.15, 0.2) is 0 Å². The number of hydrogen-bond acceptors (Lipinski definition) is 3. The standard InChI is InChI=1S/C17H20Cl2N2O/c1-22-10-4-9-21(13-16-5-2-3-8-20-16)12-14-6-7-15(18)11-17(14)19/h2-3,5-8,11H,4,9-10,12-13H2,1H3. The minimum atomic E-state index is 0.657. The molecule has 0 bridgehead atoms. The molecule has 22 heavy (non-hydrogen) atoms. The first-order valence-electron chi connectivity index (χ1n) is 7.24. The summed E-state index contributed by atoms with van der Waals surface area (Å²) in [4.78, 5) is 6.71. The van der Waals surface area contributed by atoms with Gasteiger partial charge in [0.25, 0.3) is 0 Å². The smallest absolute Gasteiger partial charge is 0.0544 e. The SMILES string of the molecule is COCCCN(Cc1ccccn1)Cc1ccc(Cl)cc1Cl. The molecule has 0 N–H and O–H groups in total. The van der Waals surface area contributed by atoms with Crippen LogP contribution in [0.15, 0.2) is 42.6 Å². The molecular formula is C17H20Cl2N2O. The monoisotopic (exact) mass is 338 g/mol. The van der Waals surface area contributed by atoms with Crippen LogP contribution >= 0.6 is 23.2 Å². The summed E-state index contributed by atoms with van der Waals surface area (Å²) in [6.45, 7) is 3.20. The Morgan fingerprint density at radius 3 is 2.68 bits per heavy atom. The molecule has 1 heterocycles. The molecule has 0 saturated carbocycles. The summed E-state index contributed by atoms with van der Waals surface area (Å²) in [6, 6.07) is 11.6. The zero-order valence-corrected chi connectivity index (χ0v) is 14.1. The Balaban J connectivity index is 2.06. The highest BCUT2D eigenvalue weighted by molar-refractivity contribution is 6.35. The molecule has 0 fully saturated rings. The van der Waals surface area contributed by atoms with Crippen LogP contribution in [0.5, 0.6) is 0 Å². The number of rotatable bonds is 8. The van der Waals surface area contributed by atoms with Gasteiger partial charge in [0.05, 0.1) is 5.69 Å². The fraction of sp³-hybridized carbons (Fsp3) is 0.353. The van der Waals surface area contributed by atoms with Crippen molar-refractivity contribution in [3.63, 3.8) is 0 Å². The van der Waals surface area contributed by atoms with Crippen molar-refractivity contribution < 1.29 is 4.74 Å². The van der Waals surface area contributed by atoms with Crippen LogP contribution in [0.25, 0.3) is 0 Å². The van der Waals surface area contributed by atoms with E-state index < -0.39 is 0 Å². The van der Waals surface area contributed by atoms with E-state index in [-0.39, 0.29) is 0 Å². The molecule has 0 unspecified atom stereocenters. The van der Waals surface area contributed by atoms with Crippen molar-refractivity contribution in [2.45, 2.75) is 19.5 Å². The highest BCUT2D eigenvalue weighted by Crippen LogP contribution is 2.22. The van der Waals surface area contributed by atoms with Gasteiger partial charge < -0.3 is 4.74 Å². The Kier molecular flexibility index (Phi) is 7.13. The number of ether oxygens (including phenoxy) is 1.